The zero-order valence-electron chi connectivity index (χ0n) is 11.2. The lowest BCUT2D eigenvalue weighted by molar-refractivity contribution is 0.260. The van der Waals surface area contributed by atoms with E-state index in [-0.39, 0.29) is 0 Å². The molecule has 1 atom stereocenters. The van der Waals surface area contributed by atoms with Crippen molar-refractivity contribution in [3.63, 3.8) is 0 Å². The van der Waals surface area contributed by atoms with Gasteiger partial charge in [-0.15, -0.1) is 0 Å². The molecule has 96 valence electrons. The second-order valence-electron chi connectivity index (χ2n) is 4.97. The predicted molar refractivity (Wildman–Crippen MR) is 69.9 cm³/mol. The van der Waals surface area contributed by atoms with E-state index in [9.17, 15) is 0 Å². The van der Waals surface area contributed by atoms with Gasteiger partial charge in [0, 0.05) is 37.9 Å². The van der Waals surface area contributed by atoms with Gasteiger partial charge in [-0.25, -0.2) is 0 Å². The third kappa shape index (κ3) is 3.07. The number of rotatable bonds is 5. The Morgan fingerprint density at radius 3 is 3.00 bits per heavy atom. The SMILES string of the molecule is CCN1CCCC1CNCc1cn(C)nc1C. The Balaban J connectivity index is 1.77. The summed E-state index contributed by atoms with van der Waals surface area (Å²) in [6.45, 7) is 8.82. The first-order valence-electron chi connectivity index (χ1n) is 6.64. The molecule has 2 rings (SSSR count). The first kappa shape index (κ1) is 12.6. The maximum absolute atomic E-state index is 4.36. The van der Waals surface area contributed by atoms with Crippen molar-refractivity contribution in [3.05, 3.63) is 17.5 Å². The molecule has 4 nitrogen and oxygen atoms in total. The molecular weight excluding hydrogens is 212 g/mol. The lowest BCUT2D eigenvalue weighted by Crippen LogP contribution is -2.37. The molecule has 1 saturated heterocycles. The van der Waals surface area contributed by atoms with Crippen LogP contribution in [0.5, 0.6) is 0 Å². The van der Waals surface area contributed by atoms with Crippen LogP contribution >= 0.6 is 0 Å². The average Bonchev–Trinajstić information content (AvgIpc) is 2.86. The van der Waals surface area contributed by atoms with E-state index in [1.54, 1.807) is 0 Å². The fraction of sp³-hybridized carbons (Fsp3) is 0.769. The van der Waals surface area contributed by atoms with Gasteiger partial charge in [-0.05, 0) is 32.9 Å². The van der Waals surface area contributed by atoms with Gasteiger partial charge in [0.1, 0.15) is 0 Å². The number of hydrogen-bond donors (Lipinski definition) is 1. The number of hydrogen-bond acceptors (Lipinski definition) is 3. The highest BCUT2D eigenvalue weighted by Gasteiger charge is 2.22. The summed E-state index contributed by atoms with van der Waals surface area (Å²) >= 11 is 0. The van der Waals surface area contributed by atoms with Crippen LogP contribution < -0.4 is 5.32 Å². The minimum absolute atomic E-state index is 0.733. The summed E-state index contributed by atoms with van der Waals surface area (Å²) in [7, 11) is 1.98. The molecule has 1 N–H and O–H groups in total. The van der Waals surface area contributed by atoms with Crippen LogP contribution in [0.4, 0.5) is 0 Å². The molecule has 1 aromatic rings. The summed E-state index contributed by atoms with van der Waals surface area (Å²) in [5, 5.41) is 7.93. The van der Waals surface area contributed by atoms with Gasteiger partial charge in [-0.1, -0.05) is 6.92 Å². The Bertz CT molecular complexity index is 358. The summed E-state index contributed by atoms with van der Waals surface area (Å²) in [5.74, 6) is 0. The molecule has 1 fully saturated rings. The highest BCUT2D eigenvalue weighted by atomic mass is 15.3. The van der Waals surface area contributed by atoms with Gasteiger partial charge in [0.15, 0.2) is 0 Å². The Morgan fingerprint density at radius 1 is 1.53 bits per heavy atom. The van der Waals surface area contributed by atoms with Crippen LogP contribution in [-0.4, -0.2) is 40.4 Å². The molecule has 1 unspecified atom stereocenters. The standard InChI is InChI=1S/C13H24N4/c1-4-17-7-5-6-13(17)9-14-8-12-10-16(3)15-11(12)2/h10,13-14H,4-9H2,1-3H3. The van der Waals surface area contributed by atoms with Gasteiger partial charge in [0.05, 0.1) is 5.69 Å². The Morgan fingerprint density at radius 2 is 2.35 bits per heavy atom. The third-order valence-electron chi connectivity index (χ3n) is 3.72. The monoisotopic (exact) mass is 236 g/mol. The second kappa shape index (κ2) is 5.65. The van der Waals surface area contributed by atoms with Crippen molar-refractivity contribution in [2.45, 2.75) is 39.3 Å². The molecule has 0 saturated carbocycles. The second-order valence-corrected chi connectivity index (χ2v) is 4.97. The molecular formula is C13H24N4. The van der Waals surface area contributed by atoms with Gasteiger partial charge < -0.3 is 5.32 Å². The lowest BCUT2D eigenvalue weighted by Gasteiger charge is -2.22. The zero-order chi connectivity index (χ0) is 12.3. The van der Waals surface area contributed by atoms with Gasteiger partial charge in [0.2, 0.25) is 0 Å². The Hall–Kier alpha value is -0.870. The molecule has 0 bridgehead atoms. The summed E-state index contributed by atoms with van der Waals surface area (Å²) < 4.78 is 1.89. The average molecular weight is 236 g/mol. The van der Waals surface area contributed by atoms with Crippen molar-refractivity contribution in [1.82, 2.24) is 20.0 Å². The molecule has 17 heavy (non-hydrogen) atoms. The molecule has 1 aromatic heterocycles. The first-order chi connectivity index (χ1) is 8.20. The van der Waals surface area contributed by atoms with Gasteiger partial charge in [-0.3, -0.25) is 9.58 Å². The van der Waals surface area contributed by atoms with Crippen molar-refractivity contribution in [1.29, 1.82) is 0 Å². The van der Waals surface area contributed by atoms with Crippen molar-refractivity contribution in [2.24, 2.45) is 7.05 Å². The molecule has 0 aliphatic carbocycles. The Kier molecular flexibility index (Phi) is 4.18. The van der Waals surface area contributed by atoms with Crippen LogP contribution in [0.1, 0.15) is 31.0 Å². The van der Waals surface area contributed by atoms with Crippen LogP contribution in [0, 0.1) is 6.92 Å². The highest BCUT2D eigenvalue weighted by Crippen LogP contribution is 2.15. The van der Waals surface area contributed by atoms with Crippen LogP contribution in [-0.2, 0) is 13.6 Å². The van der Waals surface area contributed by atoms with E-state index in [1.807, 2.05) is 11.7 Å². The quantitative estimate of drug-likeness (QED) is 0.836. The third-order valence-corrected chi connectivity index (χ3v) is 3.72. The van der Waals surface area contributed by atoms with Crippen LogP contribution in [0.25, 0.3) is 0 Å². The predicted octanol–water partition coefficient (Wildman–Crippen LogP) is 1.30. The topological polar surface area (TPSA) is 33.1 Å². The van der Waals surface area contributed by atoms with E-state index in [1.165, 1.54) is 31.5 Å². The van der Waals surface area contributed by atoms with Crippen molar-refractivity contribution in [2.75, 3.05) is 19.6 Å². The lowest BCUT2D eigenvalue weighted by atomic mass is 10.2. The number of likely N-dealkylation sites (tertiary alicyclic amines) is 1. The fourth-order valence-corrected chi connectivity index (χ4v) is 2.74. The van der Waals surface area contributed by atoms with E-state index in [4.69, 9.17) is 0 Å². The number of nitrogens with one attached hydrogen (secondary N) is 1. The molecule has 2 heterocycles. The van der Waals surface area contributed by atoms with E-state index in [0.29, 0.717) is 0 Å². The van der Waals surface area contributed by atoms with E-state index in [0.717, 1.165) is 24.8 Å². The van der Waals surface area contributed by atoms with Gasteiger partial charge in [0.25, 0.3) is 0 Å². The van der Waals surface area contributed by atoms with Crippen LogP contribution in [0.2, 0.25) is 0 Å². The summed E-state index contributed by atoms with van der Waals surface area (Å²) in [4.78, 5) is 2.57. The normalized spacial score (nSPS) is 21.2. The number of aromatic nitrogens is 2. The molecule has 1 aliphatic rings. The van der Waals surface area contributed by atoms with Gasteiger partial charge >= 0.3 is 0 Å². The molecule has 0 amide bonds. The molecule has 0 aromatic carbocycles. The number of aryl methyl sites for hydroxylation is 2. The molecule has 1 aliphatic heterocycles. The summed E-state index contributed by atoms with van der Waals surface area (Å²) in [5.41, 5.74) is 2.45. The first-order valence-corrected chi connectivity index (χ1v) is 6.64. The maximum Gasteiger partial charge on any atom is 0.0638 e. The molecule has 0 radical (unpaired) electrons. The number of nitrogens with zero attached hydrogens (tertiary/aromatic N) is 3. The van der Waals surface area contributed by atoms with Crippen molar-refractivity contribution < 1.29 is 0 Å². The minimum Gasteiger partial charge on any atom is -0.311 e. The van der Waals surface area contributed by atoms with E-state index in [2.05, 4.69) is 35.4 Å². The fourth-order valence-electron chi connectivity index (χ4n) is 2.74. The van der Waals surface area contributed by atoms with Crippen molar-refractivity contribution in [3.8, 4) is 0 Å². The largest absolute Gasteiger partial charge is 0.311 e. The number of likely N-dealkylation sites (N-methyl/N-ethyl adjacent to an activating group) is 1. The maximum atomic E-state index is 4.36. The summed E-state index contributed by atoms with van der Waals surface area (Å²) in [6.07, 6.45) is 4.80. The van der Waals surface area contributed by atoms with Crippen LogP contribution in [0.3, 0.4) is 0 Å². The van der Waals surface area contributed by atoms with Crippen molar-refractivity contribution >= 4 is 0 Å². The minimum atomic E-state index is 0.733. The summed E-state index contributed by atoms with van der Waals surface area (Å²) in [6, 6.07) is 0.733. The zero-order valence-corrected chi connectivity index (χ0v) is 11.2. The van der Waals surface area contributed by atoms with Crippen LogP contribution in [0.15, 0.2) is 6.20 Å². The van der Waals surface area contributed by atoms with Gasteiger partial charge in [-0.2, -0.15) is 5.10 Å². The highest BCUT2D eigenvalue weighted by molar-refractivity contribution is 5.14. The smallest absolute Gasteiger partial charge is 0.0638 e. The molecule has 4 heteroatoms. The van der Waals surface area contributed by atoms with E-state index >= 15 is 0 Å². The Labute approximate surface area is 104 Å². The molecule has 0 spiro atoms. The van der Waals surface area contributed by atoms with E-state index < -0.39 is 0 Å².